The molecule has 0 spiro atoms. The fourth-order valence-electron chi connectivity index (χ4n) is 4.50. The number of benzene rings is 3. The van der Waals surface area contributed by atoms with Gasteiger partial charge in [0.15, 0.2) is 0 Å². The summed E-state index contributed by atoms with van der Waals surface area (Å²) in [5, 5.41) is 2.61. The van der Waals surface area contributed by atoms with Crippen LogP contribution in [0.15, 0.2) is 83.8 Å². The van der Waals surface area contributed by atoms with Crippen LogP contribution in [0.4, 0.5) is 11.4 Å². The minimum atomic E-state index is -4.16. The van der Waals surface area contributed by atoms with Gasteiger partial charge in [0.1, 0.15) is 6.04 Å². The lowest BCUT2D eigenvalue weighted by atomic mass is 10.0. The molecule has 4 rings (SSSR count). The third-order valence-corrected chi connectivity index (χ3v) is 8.46. The first-order chi connectivity index (χ1) is 18.1. The van der Waals surface area contributed by atoms with Crippen molar-refractivity contribution in [3.8, 4) is 0 Å². The van der Waals surface area contributed by atoms with Gasteiger partial charge in [-0.3, -0.25) is 14.4 Å². The summed E-state index contributed by atoms with van der Waals surface area (Å²) in [6.45, 7) is 5.48. The van der Waals surface area contributed by atoms with Crippen molar-refractivity contribution in [1.29, 1.82) is 0 Å². The molecule has 1 atom stereocenters. The summed E-state index contributed by atoms with van der Waals surface area (Å²) in [6, 6.07) is 21.1. The molecule has 0 aliphatic carbocycles. The molecule has 0 radical (unpaired) electrons. The number of anilines is 2. The maximum atomic E-state index is 13.8. The van der Waals surface area contributed by atoms with Crippen LogP contribution in [0.3, 0.4) is 0 Å². The molecular weight excluding hydrogens is 502 g/mol. The van der Waals surface area contributed by atoms with Crippen LogP contribution in [0.25, 0.3) is 0 Å². The Hall–Kier alpha value is -3.82. The number of sulfonamides is 1. The van der Waals surface area contributed by atoms with E-state index in [1.165, 1.54) is 31.2 Å². The molecule has 8 nitrogen and oxygen atoms in total. The van der Waals surface area contributed by atoms with Crippen molar-refractivity contribution in [2.24, 2.45) is 0 Å². The molecule has 198 valence electrons. The Balaban J connectivity index is 1.66. The number of imide groups is 1. The lowest BCUT2D eigenvalue weighted by Gasteiger charge is -2.27. The van der Waals surface area contributed by atoms with Crippen LogP contribution in [-0.2, 0) is 30.8 Å². The van der Waals surface area contributed by atoms with Crippen LogP contribution in [0, 0.1) is 0 Å². The van der Waals surface area contributed by atoms with E-state index >= 15 is 0 Å². The molecule has 0 saturated carbocycles. The number of carbonyl (C=O) groups is 3. The van der Waals surface area contributed by atoms with Crippen molar-refractivity contribution in [3.05, 3.63) is 90.0 Å². The average Bonchev–Trinajstić information content (AvgIpc) is 3.18. The molecule has 1 fully saturated rings. The van der Waals surface area contributed by atoms with E-state index in [1.807, 2.05) is 42.5 Å². The van der Waals surface area contributed by atoms with Crippen molar-refractivity contribution < 1.29 is 22.8 Å². The molecule has 1 aliphatic heterocycles. The highest BCUT2D eigenvalue weighted by atomic mass is 32.2. The molecule has 0 bridgehead atoms. The lowest BCUT2D eigenvalue weighted by molar-refractivity contribution is -0.122. The Kier molecular flexibility index (Phi) is 8.08. The summed E-state index contributed by atoms with van der Waals surface area (Å²) in [7, 11) is -4.16. The Labute approximate surface area is 223 Å². The van der Waals surface area contributed by atoms with Gasteiger partial charge in [-0.1, -0.05) is 56.3 Å². The van der Waals surface area contributed by atoms with Gasteiger partial charge < -0.3 is 5.32 Å². The number of carbonyl (C=O) groups excluding carboxylic acids is 3. The second kappa shape index (κ2) is 11.3. The third kappa shape index (κ3) is 5.84. The predicted octanol–water partition coefficient (Wildman–Crippen LogP) is 4.33. The van der Waals surface area contributed by atoms with Gasteiger partial charge in [-0.15, -0.1) is 0 Å². The van der Waals surface area contributed by atoms with Crippen LogP contribution in [0.2, 0.25) is 0 Å². The van der Waals surface area contributed by atoms with Crippen LogP contribution in [-0.4, -0.2) is 43.0 Å². The molecule has 3 amide bonds. The van der Waals surface area contributed by atoms with Crippen molar-refractivity contribution in [2.45, 2.75) is 50.5 Å². The first kappa shape index (κ1) is 27.2. The van der Waals surface area contributed by atoms with Crippen LogP contribution in [0.5, 0.6) is 0 Å². The molecule has 3 aromatic carbocycles. The summed E-state index contributed by atoms with van der Waals surface area (Å²) in [4.78, 5) is 39.0. The van der Waals surface area contributed by atoms with Gasteiger partial charge >= 0.3 is 0 Å². The van der Waals surface area contributed by atoms with Crippen molar-refractivity contribution in [3.63, 3.8) is 0 Å². The molecule has 3 aromatic rings. The number of amides is 3. The Bertz CT molecular complexity index is 1420. The van der Waals surface area contributed by atoms with Crippen molar-refractivity contribution >= 4 is 39.1 Å². The van der Waals surface area contributed by atoms with Crippen LogP contribution in [0.1, 0.15) is 44.2 Å². The molecule has 1 saturated heterocycles. The predicted molar refractivity (Wildman–Crippen MR) is 146 cm³/mol. The minimum Gasteiger partial charge on any atom is -0.326 e. The van der Waals surface area contributed by atoms with Crippen LogP contribution >= 0.6 is 0 Å². The van der Waals surface area contributed by atoms with E-state index in [4.69, 9.17) is 0 Å². The molecule has 0 aromatic heterocycles. The first-order valence-corrected chi connectivity index (χ1v) is 13.9. The van der Waals surface area contributed by atoms with Gasteiger partial charge in [-0.05, 0) is 59.9 Å². The van der Waals surface area contributed by atoms with E-state index in [0.717, 1.165) is 20.3 Å². The van der Waals surface area contributed by atoms with Gasteiger partial charge in [-0.2, -0.15) is 4.31 Å². The normalized spacial score (nSPS) is 15.9. The van der Waals surface area contributed by atoms with E-state index in [1.54, 1.807) is 12.1 Å². The van der Waals surface area contributed by atoms with E-state index < -0.39 is 27.9 Å². The molecule has 1 unspecified atom stereocenters. The molecular formula is C29H31N3O5S. The molecule has 1 heterocycles. The molecule has 38 heavy (non-hydrogen) atoms. The van der Waals surface area contributed by atoms with E-state index in [2.05, 4.69) is 19.2 Å². The highest BCUT2D eigenvalue weighted by Gasteiger charge is 2.46. The average molecular weight is 534 g/mol. The zero-order valence-corrected chi connectivity index (χ0v) is 22.4. The van der Waals surface area contributed by atoms with Crippen molar-refractivity contribution in [2.75, 3.05) is 16.8 Å². The van der Waals surface area contributed by atoms with Crippen molar-refractivity contribution in [1.82, 2.24) is 4.31 Å². The largest absolute Gasteiger partial charge is 0.326 e. The number of nitrogens with one attached hydrogen (secondary N) is 1. The first-order valence-electron chi connectivity index (χ1n) is 12.5. The fraction of sp³-hybridized carbons (Fsp3) is 0.276. The van der Waals surface area contributed by atoms with E-state index in [-0.39, 0.29) is 29.7 Å². The standard InChI is InChI=1S/C29H31N3O5S/c1-20(2)23-9-13-25(14-10-23)32-28(34)19-27(29(32)35)31(18-17-22-7-5-4-6-8-22)38(36,37)26-15-11-24(12-16-26)30-21(3)33/h4-16,20,27H,17-19H2,1-3H3,(H,30,33). The Morgan fingerprint density at radius 1 is 0.974 bits per heavy atom. The van der Waals surface area contributed by atoms with Gasteiger partial charge in [0.05, 0.1) is 17.0 Å². The minimum absolute atomic E-state index is 0.0175. The molecule has 1 aliphatic rings. The quantitative estimate of drug-likeness (QED) is 0.412. The topological polar surface area (TPSA) is 104 Å². The zero-order valence-electron chi connectivity index (χ0n) is 21.6. The zero-order chi connectivity index (χ0) is 27.4. The van der Waals surface area contributed by atoms with Crippen LogP contribution < -0.4 is 10.2 Å². The summed E-state index contributed by atoms with van der Waals surface area (Å²) < 4.78 is 28.8. The molecule has 1 N–H and O–H groups in total. The van der Waals surface area contributed by atoms with Gasteiger partial charge in [0.2, 0.25) is 21.8 Å². The fourth-order valence-corrected chi connectivity index (χ4v) is 6.08. The lowest BCUT2D eigenvalue weighted by Crippen LogP contribution is -2.46. The second-order valence-corrected chi connectivity index (χ2v) is 11.5. The summed E-state index contributed by atoms with van der Waals surface area (Å²) in [5.74, 6) is -1.00. The maximum absolute atomic E-state index is 13.8. The highest BCUT2D eigenvalue weighted by Crippen LogP contribution is 2.31. The summed E-state index contributed by atoms with van der Waals surface area (Å²) >= 11 is 0. The SMILES string of the molecule is CC(=O)Nc1ccc(S(=O)(=O)N(CCc2ccccc2)C2CC(=O)N(c3ccc(C(C)C)cc3)C2=O)cc1. The van der Waals surface area contributed by atoms with E-state index in [9.17, 15) is 22.8 Å². The summed E-state index contributed by atoms with van der Waals surface area (Å²) in [6.07, 6.45) is 0.119. The Morgan fingerprint density at radius 2 is 1.61 bits per heavy atom. The monoisotopic (exact) mass is 533 g/mol. The third-order valence-electron chi connectivity index (χ3n) is 6.53. The van der Waals surface area contributed by atoms with Gasteiger partial charge in [-0.25, -0.2) is 13.3 Å². The number of rotatable bonds is 9. The number of nitrogens with zero attached hydrogens (tertiary/aromatic N) is 2. The maximum Gasteiger partial charge on any atom is 0.252 e. The summed E-state index contributed by atoms with van der Waals surface area (Å²) in [5.41, 5.74) is 2.85. The van der Waals surface area contributed by atoms with Gasteiger partial charge in [0, 0.05) is 19.2 Å². The highest BCUT2D eigenvalue weighted by molar-refractivity contribution is 7.89. The van der Waals surface area contributed by atoms with E-state index in [0.29, 0.717) is 17.8 Å². The molecule has 9 heteroatoms. The second-order valence-electron chi connectivity index (χ2n) is 9.59. The number of hydrogen-bond donors (Lipinski definition) is 1. The number of hydrogen-bond acceptors (Lipinski definition) is 5. The Morgan fingerprint density at radius 3 is 2.18 bits per heavy atom. The van der Waals surface area contributed by atoms with Gasteiger partial charge in [0.25, 0.3) is 5.91 Å². The smallest absolute Gasteiger partial charge is 0.252 e.